The Kier molecular flexibility index (Phi) is 12.6. The van der Waals surface area contributed by atoms with E-state index in [2.05, 4.69) is 27.4 Å². The van der Waals surface area contributed by atoms with E-state index in [0.29, 0.717) is 0 Å². The van der Waals surface area contributed by atoms with E-state index in [4.69, 9.17) is 4.55 Å². The quantitative estimate of drug-likeness (QED) is 0.405. The molecule has 0 heterocycles. The van der Waals surface area contributed by atoms with Crippen molar-refractivity contribution >= 4 is 17.4 Å². The second-order valence-electron chi connectivity index (χ2n) is 6.64. The van der Waals surface area contributed by atoms with Gasteiger partial charge in [-0.05, 0) is 31.4 Å². The largest absolute Gasteiger partial charge is 0.294 e. The Labute approximate surface area is 150 Å². The van der Waals surface area contributed by atoms with Crippen LogP contribution < -0.4 is 0 Å². The SMILES string of the molecule is CCCC[P+](C)(CCCC)CCCC.O=S(=O)(O)c1ccccc1. The third kappa shape index (κ3) is 11.2. The minimum absolute atomic E-state index is 0.0741. The van der Waals surface area contributed by atoms with Crippen molar-refractivity contribution in [2.24, 2.45) is 0 Å². The zero-order valence-corrected chi connectivity index (χ0v) is 17.6. The van der Waals surface area contributed by atoms with Gasteiger partial charge >= 0.3 is 0 Å². The molecule has 1 aromatic carbocycles. The van der Waals surface area contributed by atoms with Crippen molar-refractivity contribution in [3.05, 3.63) is 30.3 Å². The summed E-state index contributed by atoms with van der Waals surface area (Å²) in [4.78, 5) is -0.0741. The van der Waals surface area contributed by atoms with Crippen LogP contribution in [0.5, 0.6) is 0 Å². The maximum Gasteiger partial charge on any atom is 0.294 e. The van der Waals surface area contributed by atoms with E-state index in [1.54, 1.807) is 36.7 Å². The third-order valence-corrected chi connectivity index (χ3v) is 9.25. The molecule has 1 aromatic rings. The van der Waals surface area contributed by atoms with Crippen LogP contribution in [-0.2, 0) is 10.1 Å². The fourth-order valence-electron chi connectivity index (χ4n) is 2.55. The molecule has 0 aromatic heterocycles. The van der Waals surface area contributed by atoms with Gasteiger partial charge in [-0.3, -0.25) is 4.55 Å². The monoisotopic (exact) mass is 375 g/mol. The van der Waals surface area contributed by atoms with Gasteiger partial charge in [0.15, 0.2) is 0 Å². The lowest BCUT2D eigenvalue weighted by molar-refractivity contribution is 0.483. The average molecular weight is 376 g/mol. The molecule has 0 saturated carbocycles. The van der Waals surface area contributed by atoms with Crippen LogP contribution in [0.25, 0.3) is 0 Å². The molecule has 0 fully saturated rings. The molecule has 0 amide bonds. The molecule has 24 heavy (non-hydrogen) atoms. The van der Waals surface area contributed by atoms with E-state index in [1.165, 1.54) is 50.7 Å². The van der Waals surface area contributed by atoms with Crippen molar-refractivity contribution < 1.29 is 13.0 Å². The number of rotatable bonds is 10. The van der Waals surface area contributed by atoms with Crippen LogP contribution in [0.4, 0.5) is 0 Å². The van der Waals surface area contributed by atoms with Crippen molar-refractivity contribution in [1.82, 2.24) is 0 Å². The lowest BCUT2D eigenvalue weighted by atomic mass is 10.4. The highest BCUT2D eigenvalue weighted by Crippen LogP contribution is 2.57. The molecule has 0 aliphatic heterocycles. The molecule has 1 rings (SSSR count). The molecule has 0 atom stereocenters. The topological polar surface area (TPSA) is 54.4 Å². The Morgan fingerprint density at radius 1 is 0.833 bits per heavy atom. The maximum absolute atomic E-state index is 10.4. The standard InChI is InChI=1S/C13H30P.C6H6O3S/c1-5-8-11-14(4,12-9-6-2)13-10-7-3;7-10(8,9)6-4-2-1-3-5-6/h5-13H2,1-4H3;1-5H,(H,7,8,9)/q+1;. The molecule has 3 nitrogen and oxygen atoms in total. The van der Waals surface area contributed by atoms with Crippen LogP contribution in [0.1, 0.15) is 59.3 Å². The van der Waals surface area contributed by atoms with Gasteiger partial charge in [0.2, 0.25) is 0 Å². The molecule has 0 aliphatic carbocycles. The van der Waals surface area contributed by atoms with Gasteiger partial charge in [-0.2, -0.15) is 8.42 Å². The lowest BCUT2D eigenvalue weighted by Gasteiger charge is -2.22. The maximum atomic E-state index is 10.4. The van der Waals surface area contributed by atoms with Gasteiger partial charge in [-0.25, -0.2) is 0 Å². The van der Waals surface area contributed by atoms with Gasteiger partial charge in [0, 0.05) is 13.9 Å². The van der Waals surface area contributed by atoms with Gasteiger partial charge < -0.3 is 0 Å². The predicted molar refractivity (Wildman–Crippen MR) is 108 cm³/mol. The number of benzene rings is 1. The zero-order chi connectivity index (χ0) is 18.5. The molecule has 0 unspecified atom stereocenters. The molecule has 1 N–H and O–H groups in total. The van der Waals surface area contributed by atoms with Crippen LogP contribution in [0.3, 0.4) is 0 Å². The summed E-state index contributed by atoms with van der Waals surface area (Å²) in [6.45, 7) is 9.59. The summed E-state index contributed by atoms with van der Waals surface area (Å²) >= 11 is 0. The average Bonchev–Trinajstić information content (AvgIpc) is 2.57. The van der Waals surface area contributed by atoms with Crippen LogP contribution in [0, 0.1) is 0 Å². The Hall–Kier alpha value is -0.440. The molecule has 0 aliphatic rings. The zero-order valence-electron chi connectivity index (χ0n) is 15.9. The van der Waals surface area contributed by atoms with Crippen LogP contribution in [0.2, 0.25) is 0 Å². The van der Waals surface area contributed by atoms with Gasteiger partial charge in [0.25, 0.3) is 10.1 Å². The highest BCUT2D eigenvalue weighted by atomic mass is 32.2. The fraction of sp³-hybridized carbons (Fsp3) is 0.684. The molecule has 5 heteroatoms. The first-order chi connectivity index (χ1) is 11.3. The second kappa shape index (κ2) is 12.9. The molecule has 0 radical (unpaired) electrons. The van der Waals surface area contributed by atoms with Crippen LogP contribution >= 0.6 is 7.26 Å². The van der Waals surface area contributed by atoms with E-state index in [1.807, 2.05) is 0 Å². The summed E-state index contributed by atoms with van der Waals surface area (Å²) in [5, 5.41) is 0. The Morgan fingerprint density at radius 2 is 1.21 bits per heavy atom. The Morgan fingerprint density at radius 3 is 1.46 bits per heavy atom. The highest BCUT2D eigenvalue weighted by molar-refractivity contribution is 7.85. The summed E-state index contributed by atoms with van der Waals surface area (Å²) < 4.78 is 29.2. The van der Waals surface area contributed by atoms with Crippen LogP contribution in [0.15, 0.2) is 35.2 Å². The van der Waals surface area contributed by atoms with Crippen molar-refractivity contribution in [3.8, 4) is 0 Å². The van der Waals surface area contributed by atoms with Crippen molar-refractivity contribution in [2.45, 2.75) is 64.2 Å². The van der Waals surface area contributed by atoms with Gasteiger partial charge in [-0.15, -0.1) is 0 Å². The highest BCUT2D eigenvalue weighted by Gasteiger charge is 2.28. The first-order valence-corrected chi connectivity index (χ1v) is 13.4. The molecular formula is C19H36O3PS+. The molecule has 0 spiro atoms. The van der Waals surface area contributed by atoms with E-state index in [9.17, 15) is 8.42 Å². The first-order valence-electron chi connectivity index (χ1n) is 9.15. The minimum atomic E-state index is -4.00. The lowest BCUT2D eigenvalue weighted by Crippen LogP contribution is -2.07. The van der Waals surface area contributed by atoms with Gasteiger partial charge in [0.05, 0.1) is 23.4 Å². The predicted octanol–water partition coefficient (Wildman–Crippen LogP) is 5.97. The van der Waals surface area contributed by atoms with Crippen molar-refractivity contribution in [3.63, 3.8) is 0 Å². The summed E-state index contributed by atoms with van der Waals surface area (Å²) in [6, 6.07) is 7.42. The minimum Gasteiger partial charge on any atom is -0.282 e. The number of hydrogen-bond donors (Lipinski definition) is 1. The second-order valence-corrected chi connectivity index (χ2v) is 12.6. The Balaban J connectivity index is 0.000000463. The normalized spacial score (nSPS) is 11.7. The fourth-order valence-corrected chi connectivity index (χ4v) is 6.96. The van der Waals surface area contributed by atoms with E-state index in [-0.39, 0.29) is 4.90 Å². The summed E-state index contributed by atoms with van der Waals surface area (Å²) in [6.07, 6.45) is 13.2. The first kappa shape index (κ1) is 23.6. The van der Waals surface area contributed by atoms with Crippen molar-refractivity contribution in [2.75, 3.05) is 25.2 Å². The Bertz CT molecular complexity index is 493. The van der Waals surface area contributed by atoms with E-state index >= 15 is 0 Å². The summed E-state index contributed by atoms with van der Waals surface area (Å²) in [7, 11) is -4.52. The number of unbranched alkanes of at least 4 members (excludes halogenated alkanes) is 3. The molecule has 0 saturated heterocycles. The summed E-state index contributed by atoms with van der Waals surface area (Å²) in [5.41, 5.74) is 0. The molecule has 0 bridgehead atoms. The van der Waals surface area contributed by atoms with Gasteiger partial charge in [-0.1, -0.05) is 58.2 Å². The smallest absolute Gasteiger partial charge is 0.282 e. The molecular weight excluding hydrogens is 339 g/mol. The van der Waals surface area contributed by atoms with E-state index < -0.39 is 17.4 Å². The number of hydrogen-bond acceptors (Lipinski definition) is 2. The van der Waals surface area contributed by atoms with Crippen LogP contribution in [-0.4, -0.2) is 38.1 Å². The third-order valence-electron chi connectivity index (χ3n) is 4.20. The van der Waals surface area contributed by atoms with E-state index in [0.717, 1.165) is 0 Å². The molecule has 140 valence electrons. The summed E-state index contributed by atoms with van der Waals surface area (Å²) in [5.74, 6) is 0. The van der Waals surface area contributed by atoms with Gasteiger partial charge in [0.1, 0.15) is 0 Å². The van der Waals surface area contributed by atoms with Crippen molar-refractivity contribution in [1.29, 1.82) is 0 Å².